The Labute approximate surface area is 265 Å². The van der Waals surface area contributed by atoms with Crippen LogP contribution in [0.5, 0.6) is 5.75 Å². The van der Waals surface area contributed by atoms with E-state index in [1.165, 1.54) is 16.3 Å². The summed E-state index contributed by atoms with van der Waals surface area (Å²) in [6.45, 7) is 2.86. The Kier molecular flexibility index (Phi) is 10.8. The minimum atomic E-state index is -0.373. The fourth-order valence-corrected chi connectivity index (χ4v) is 6.87. The molecule has 0 fully saturated rings. The Balaban J connectivity index is 0.000000215. The Morgan fingerprint density at radius 2 is 1.30 bits per heavy atom. The van der Waals surface area contributed by atoms with Gasteiger partial charge in [-0.3, -0.25) is 0 Å². The van der Waals surface area contributed by atoms with Crippen molar-refractivity contribution in [2.24, 2.45) is 0 Å². The third kappa shape index (κ3) is 7.36. The molecule has 5 aromatic carbocycles. The third-order valence-electron chi connectivity index (χ3n) is 7.24. The zero-order valence-electron chi connectivity index (χ0n) is 25.0. The predicted octanol–water partition coefficient (Wildman–Crippen LogP) is 7.70. The average molecular weight is 587 g/mol. The van der Waals surface area contributed by atoms with Crippen LogP contribution in [0, 0.1) is 0 Å². The molecule has 6 aromatic rings. The van der Waals surface area contributed by atoms with Crippen LogP contribution in [0.2, 0.25) is 0 Å². The number of rotatable bonds is 10. The Hall–Kier alpha value is -4.87. The van der Waals surface area contributed by atoms with Crippen molar-refractivity contribution < 1.29 is 4.74 Å². The molecule has 0 amide bonds. The van der Waals surface area contributed by atoms with Gasteiger partial charge in [0.15, 0.2) is 0 Å². The lowest BCUT2D eigenvalue weighted by molar-refractivity contribution is 0.317. The first-order valence-electron chi connectivity index (χ1n) is 14.9. The van der Waals surface area contributed by atoms with Gasteiger partial charge in [0.1, 0.15) is 23.1 Å². The van der Waals surface area contributed by atoms with Crippen LogP contribution >= 0.6 is 0 Å². The molecule has 0 unspecified atom stereocenters. The number of imidazole rings is 1. The first-order chi connectivity index (χ1) is 21.7. The fraction of sp³-hybridized carbons (Fsp3) is 0.103. The van der Waals surface area contributed by atoms with Crippen LogP contribution in [0.3, 0.4) is 0 Å². The molecule has 0 spiro atoms. The molecule has 44 heavy (non-hydrogen) atoms. The molecule has 0 saturated heterocycles. The van der Waals surface area contributed by atoms with Gasteiger partial charge in [-0.1, -0.05) is 146 Å². The van der Waals surface area contributed by atoms with Gasteiger partial charge in [-0.05, 0) is 46.4 Å². The number of hydrogen-bond acceptors (Lipinski definition) is 2. The van der Waals surface area contributed by atoms with Gasteiger partial charge in [0.2, 0.25) is 0 Å². The molecule has 0 aliphatic carbocycles. The molecule has 0 aliphatic heterocycles. The molecular formula is C39H35BN2OSi. The SMILES string of the molecule is CCCOc1cccc([Si]C(c2ccccc2)(c2ccccc2)n2ccnc2)c1.[B]C=C(c1ccccc1)c1ccccc1. The van der Waals surface area contributed by atoms with Crippen molar-refractivity contribution in [3.63, 3.8) is 0 Å². The van der Waals surface area contributed by atoms with Crippen LogP contribution in [-0.4, -0.2) is 33.5 Å². The molecule has 214 valence electrons. The fourth-order valence-electron chi connectivity index (χ4n) is 5.18. The minimum absolute atomic E-state index is 0.373. The summed E-state index contributed by atoms with van der Waals surface area (Å²) in [5, 5.41) is 0.877. The highest BCUT2D eigenvalue weighted by Crippen LogP contribution is 2.33. The summed E-state index contributed by atoms with van der Waals surface area (Å²) >= 11 is 0. The monoisotopic (exact) mass is 586 g/mol. The quantitative estimate of drug-likeness (QED) is 0.154. The molecule has 1 heterocycles. The highest BCUT2D eigenvalue weighted by atomic mass is 28.2. The molecule has 6 rings (SSSR count). The van der Waals surface area contributed by atoms with E-state index in [4.69, 9.17) is 12.6 Å². The number of nitrogens with zero attached hydrogens (tertiary/aromatic N) is 2. The molecule has 0 aliphatic rings. The highest BCUT2D eigenvalue weighted by Gasteiger charge is 2.37. The van der Waals surface area contributed by atoms with Crippen molar-refractivity contribution in [3.8, 4) is 5.75 Å². The van der Waals surface area contributed by atoms with Crippen molar-refractivity contribution in [2.75, 3.05) is 6.61 Å². The van der Waals surface area contributed by atoms with Gasteiger partial charge in [-0.25, -0.2) is 4.98 Å². The molecule has 1 aromatic heterocycles. The first kappa shape index (κ1) is 30.6. The van der Waals surface area contributed by atoms with Gasteiger partial charge in [-0.15, -0.1) is 5.98 Å². The summed E-state index contributed by atoms with van der Waals surface area (Å²) in [5.74, 6) is 2.59. The molecule has 0 saturated carbocycles. The van der Waals surface area contributed by atoms with E-state index in [1.54, 1.807) is 5.98 Å². The Morgan fingerprint density at radius 3 is 1.77 bits per heavy atom. The molecule has 0 atom stereocenters. The van der Waals surface area contributed by atoms with E-state index < -0.39 is 0 Å². The van der Waals surface area contributed by atoms with E-state index in [0.717, 1.165) is 35.5 Å². The Morgan fingerprint density at radius 1 is 0.750 bits per heavy atom. The van der Waals surface area contributed by atoms with Crippen molar-refractivity contribution >= 4 is 28.1 Å². The van der Waals surface area contributed by atoms with Gasteiger partial charge in [0.25, 0.3) is 0 Å². The smallest absolute Gasteiger partial charge is 0.128 e. The topological polar surface area (TPSA) is 27.1 Å². The summed E-state index contributed by atoms with van der Waals surface area (Å²) in [6, 6.07) is 50.2. The van der Waals surface area contributed by atoms with E-state index in [1.807, 2.05) is 55.0 Å². The van der Waals surface area contributed by atoms with Crippen LogP contribution in [0.4, 0.5) is 0 Å². The summed E-state index contributed by atoms with van der Waals surface area (Å²) < 4.78 is 8.13. The van der Waals surface area contributed by atoms with E-state index in [2.05, 4.69) is 126 Å². The van der Waals surface area contributed by atoms with Crippen molar-refractivity contribution in [1.29, 1.82) is 0 Å². The molecule has 4 radical (unpaired) electrons. The largest absolute Gasteiger partial charge is 0.494 e. The number of ether oxygens (including phenoxy) is 1. The van der Waals surface area contributed by atoms with Crippen LogP contribution < -0.4 is 9.92 Å². The van der Waals surface area contributed by atoms with Gasteiger partial charge < -0.3 is 9.30 Å². The van der Waals surface area contributed by atoms with E-state index in [-0.39, 0.29) is 5.16 Å². The first-order valence-corrected chi connectivity index (χ1v) is 15.9. The lowest BCUT2D eigenvalue weighted by atomic mass is 9.92. The molecule has 0 N–H and O–H groups in total. The maximum absolute atomic E-state index is 5.90. The predicted molar refractivity (Wildman–Crippen MR) is 185 cm³/mol. The second kappa shape index (κ2) is 15.6. The summed E-state index contributed by atoms with van der Waals surface area (Å²) in [7, 11) is 6.13. The second-order valence-corrected chi connectivity index (χ2v) is 11.8. The number of aromatic nitrogens is 2. The van der Waals surface area contributed by atoms with Gasteiger partial charge in [0.05, 0.1) is 18.1 Å². The maximum Gasteiger partial charge on any atom is 0.128 e. The van der Waals surface area contributed by atoms with Crippen LogP contribution in [0.25, 0.3) is 5.57 Å². The summed E-state index contributed by atoms with van der Waals surface area (Å²) in [6.07, 6.45) is 6.83. The van der Waals surface area contributed by atoms with Crippen molar-refractivity contribution in [2.45, 2.75) is 18.5 Å². The highest BCUT2D eigenvalue weighted by molar-refractivity contribution is 6.57. The van der Waals surface area contributed by atoms with Gasteiger partial charge >= 0.3 is 0 Å². The van der Waals surface area contributed by atoms with Crippen molar-refractivity contribution in [1.82, 2.24) is 9.55 Å². The molecule has 0 bridgehead atoms. The molecule has 3 nitrogen and oxygen atoms in total. The van der Waals surface area contributed by atoms with Crippen molar-refractivity contribution in [3.05, 3.63) is 193 Å². The normalized spacial score (nSPS) is 10.8. The summed E-state index contributed by atoms with van der Waals surface area (Å²) in [4.78, 5) is 4.38. The van der Waals surface area contributed by atoms with E-state index in [9.17, 15) is 0 Å². The standard InChI is InChI=1S/C25H24N2OSi.C14H11B/c1-2-18-28-23-14-9-15-24(19-23)29-25(27-17-16-26-20-27,21-10-5-3-6-11-21)22-12-7-4-8-13-22;15-11-14(12-7-3-1-4-8-12)13-9-5-2-6-10-13/h3-17,19-20H,2,18H2,1H3;1-11H. The number of benzene rings is 5. The lowest BCUT2D eigenvalue weighted by Crippen LogP contribution is -2.46. The third-order valence-corrected chi connectivity index (χ3v) is 9.04. The van der Waals surface area contributed by atoms with E-state index >= 15 is 0 Å². The maximum atomic E-state index is 5.90. The van der Waals surface area contributed by atoms with Crippen LogP contribution in [-0.2, 0) is 5.16 Å². The van der Waals surface area contributed by atoms with Crippen LogP contribution in [0.1, 0.15) is 35.6 Å². The second-order valence-electron chi connectivity index (χ2n) is 10.2. The molecular weight excluding hydrogens is 551 g/mol. The zero-order valence-corrected chi connectivity index (χ0v) is 26.0. The average Bonchev–Trinajstić information content (AvgIpc) is 3.65. The van der Waals surface area contributed by atoms with Crippen LogP contribution in [0.15, 0.2) is 170 Å². The minimum Gasteiger partial charge on any atom is -0.494 e. The van der Waals surface area contributed by atoms with Gasteiger partial charge in [0, 0.05) is 12.4 Å². The summed E-state index contributed by atoms with van der Waals surface area (Å²) in [5.41, 5.74) is 5.83. The number of hydrogen-bond donors (Lipinski definition) is 0. The molecule has 5 heteroatoms. The van der Waals surface area contributed by atoms with Gasteiger partial charge in [-0.2, -0.15) is 0 Å². The Bertz CT molecular complexity index is 1630. The zero-order chi connectivity index (χ0) is 30.5. The lowest BCUT2D eigenvalue weighted by Gasteiger charge is -2.36. The van der Waals surface area contributed by atoms with E-state index in [0.29, 0.717) is 9.52 Å².